The highest BCUT2D eigenvalue weighted by Gasteiger charge is 2.30. The summed E-state index contributed by atoms with van der Waals surface area (Å²) in [5, 5.41) is 5.10. The summed E-state index contributed by atoms with van der Waals surface area (Å²) in [7, 11) is 0. The Balaban J connectivity index is 1.32. The lowest BCUT2D eigenvalue weighted by atomic mass is 10.1. The maximum absolute atomic E-state index is 13.1. The topological polar surface area (TPSA) is 61.4 Å². The van der Waals surface area contributed by atoms with Crippen LogP contribution in [0.25, 0.3) is 22.2 Å². The lowest BCUT2D eigenvalue weighted by Crippen LogP contribution is -2.50. The highest BCUT2D eigenvalue weighted by atomic mass is 19.4. The van der Waals surface area contributed by atoms with Crippen molar-refractivity contribution in [2.24, 2.45) is 0 Å². The third kappa shape index (κ3) is 5.14. The van der Waals surface area contributed by atoms with E-state index in [-0.39, 0.29) is 6.03 Å². The number of aromatic nitrogens is 2. The van der Waals surface area contributed by atoms with E-state index in [2.05, 4.69) is 15.2 Å². The molecule has 1 aliphatic rings. The number of urea groups is 1. The Bertz CT molecular complexity index is 1460. The van der Waals surface area contributed by atoms with Gasteiger partial charge < -0.3 is 15.1 Å². The van der Waals surface area contributed by atoms with Crippen molar-refractivity contribution in [1.82, 2.24) is 14.9 Å². The molecule has 6 nitrogen and oxygen atoms in total. The number of nitrogens with one attached hydrogen (secondary N) is 1. The standard InChI is InChI=1S/C29H28F3N5O/c1-3-23-19(2)33-26(21-11-13-22(14-12-21)29(30,31)32)35-27(23)36-15-17-37(18-16-36)28(38)34-25-10-6-8-20-7-4-5-9-24(20)25/h4-14H,3,15-18H2,1-2H3,(H,34,38). The molecule has 0 unspecified atom stereocenters. The summed E-state index contributed by atoms with van der Waals surface area (Å²) in [4.78, 5) is 26.3. The molecule has 0 atom stereocenters. The van der Waals surface area contributed by atoms with Crippen LogP contribution in [0.4, 0.5) is 29.5 Å². The Morgan fingerprint density at radius 1 is 0.921 bits per heavy atom. The van der Waals surface area contributed by atoms with E-state index in [1.54, 1.807) is 4.90 Å². The van der Waals surface area contributed by atoms with E-state index in [1.807, 2.05) is 56.3 Å². The van der Waals surface area contributed by atoms with E-state index in [1.165, 1.54) is 12.1 Å². The lowest BCUT2D eigenvalue weighted by molar-refractivity contribution is -0.137. The second-order valence-electron chi connectivity index (χ2n) is 9.29. The molecule has 196 valence electrons. The van der Waals surface area contributed by atoms with Gasteiger partial charge in [-0.25, -0.2) is 14.8 Å². The van der Waals surface area contributed by atoms with Crippen LogP contribution in [-0.2, 0) is 12.6 Å². The van der Waals surface area contributed by atoms with Crippen LogP contribution < -0.4 is 10.2 Å². The van der Waals surface area contributed by atoms with Crippen molar-refractivity contribution in [2.45, 2.75) is 26.4 Å². The van der Waals surface area contributed by atoms with E-state index in [0.29, 0.717) is 37.6 Å². The van der Waals surface area contributed by atoms with Crippen LogP contribution in [0.1, 0.15) is 23.7 Å². The molecule has 0 saturated carbocycles. The van der Waals surface area contributed by atoms with Crippen molar-refractivity contribution in [1.29, 1.82) is 0 Å². The number of carbonyl (C=O) groups excluding carboxylic acids is 1. The zero-order chi connectivity index (χ0) is 26.9. The van der Waals surface area contributed by atoms with Crippen LogP contribution >= 0.6 is 0 Å². The first kappa shape index (κ1) is 25.5. The third-order valence-corrected chi connectivity index (χ3v) is 6.91. The largest absolute Gasteiger partial charge is 0.416 e. The van der Waals surface area contributed by atoms with Gasteiger partial charge in [0.15, 0.2) is 5.82 Å². The molecule has 0 bridgehead atoms. The number of hydrogen-bond acceptors (Lipinski definition) is 4. The first-order valence-electron chi connectivity index (χ1n) is 12.6. The molecule has 38 heavy (non-hydrogen) atoms. The van der Waals surface area contributed by atoms with Gasteiger partial charge in [-0.2, -0.15) is 13.2 Å². The highest BCUT2D eigenvalue weighted by Crippen LogP contribution is 2.32. The summed E-state index contributed by atoms with van der Waals surface area (Å²) in [5.74, 6) is 1.16. The molecule has 1 fully saturated rings. The summed E-state index contributed by atoms with van der Waals surface area (Å²) in [5.41, 5.74) is 2.38. The van der Waals surface area contributed by atoms with Gasteiger partial charge in [0.1, 0.15) is 5.82 Å². The van der Waals surface area contributed by atoms with Gasteiger partial charge in [-0.05, 0) is 36.9 Å². The first-order valence-corrected chi connectivity index (χ1v) is 12.6. The minimum absolute atomic E-state index is 0.152. The molecule has 9 heteroatoms. The molecule has 4 aromatic rings. The molecule has 1 N–H and O–H groups in total. The van der Waals surface area contributed by atoms with E-state index < -0.39 is 11.7 Å². The third-order valence-electron chi connectivity index (χ3n) is 6.91. The minimum atomic E-state index is -4.40. The summed E-state index contributed by atoms with van der Waals surface area (Å²) < 4.78 is 39.0. The second-order valence-corrected chi connectivity index (χ2v) is 9.29. The number of alkyl halides is 3. The number of fused-ring (bicyclic) bond motifs is 1. The summed E-state index contributed by atoms with van der Waals surface area (Å²) in [6.45, 7) is 6.11. The summed E-state index contributed by atoms with van der Waals surface area (Å²) in [6, 6.07) is 18.5. The molecular weight excluding hydrogens is 491 g/mol. The van der Waals surface area contributed by atoms with Crippen molar-refractivity contribution < 1.29 is 18.0 Å². The fourth-order valence-corrected chi connectivity index (χ4v) is 4.84. The predicted octanol–water partition coefficient (Wildman–Crippen LogP) is 6.54. The Labute approximate surface area is 219 Å². The average Bonchev–Trinajstić information content (AvgIpc) is 2.92. The molecule has 0 aliphatic carbocycles. The van der Waals surface area contributed by atoms with Crippen molar-refractivity contribution in [3.63, 3.8) is 0 Å². The van der Waals surface area contributed by atoms with E-state index in [4.69, 9.17) is 4.98 Å². The van der Waals surface area contributed by atoms with Crippen LogP contribution in [0.3, 0.4) is 0 Å². The van der Waals surface area contributed by atoms with Crippen molar-refractivity contribution in [2.75, 3.05) is 36.4 Å². The average molecular weight is 520 g/mol. The molecule has 0 radical (unpaired) electrons. The quantitative estimate of drug-likeness (QED) is 0.333. The number of halogens is 3. The highest BCUT2D eigenvalue weighted by molar-refractivity contribution is 6.01. The van der Waals surface area contributed by atoms with Gasteiger partial charge in [0.25, 0.3) is 0 Å². The lowest BCUT2D eigenvalue weighted by Gasteiger charge is -2.36. The van der Waals surface area contributed by atoms with Gasteiger partial charge in [0.05, 0.1) is 11.3 Å². The number of aryl methyl sites for hydroxylation is 1. The van der Waals surface area contributed by atoms with Crippen LogP contribution in [-0.4, -0.2) is 47.1 Å². The number of benzene rings is 3. The van der Waals surface area contributed by atoms with Crippen molar-refractivity contribution in [3.8, 4) is 11.4 Å². The van der Waals surface area contributed by atoms with Gasteiger partial charge in [-0.15, -0.1) is 0 Å². The van der Waals surface area contributed by atoms with E-state index in [0.717, 1.165) is 52.1 Å². The Hall–Kier alpha value is -4.14. The molecule has 5 rings (SSSR count). The zero-order valence-corrected chi connectivity index (χ0v) is 21.2. The Morgan fingerprint density at radius 3 is 2.29 bits per heavy atom. The number of piperazine rings is 1. The number of carbonyl (C=O) groups is 1. The van der Waals surface area contributed by atoms with Gasteiger partial charge in [0.2, 0.25) is 0 Å². The SMILES string of the molecule is CCc1c(C)nc(-c2ccc(C(F)(F)F)cc2)nc1N1CCN(C(=O)Nc2cccc3ccccc23)CC1. The van der Waals surface area contributed by atoms with E-state index in [9.17, 15) is 18.0 Å². The van der Waals surface area contributed by atoms with E-state index >= 15 is 0 Å². The van der Waals surface area contributed by atoms with Crippen LogP contribution in [0.5, 0.6) is 0 Å². The number of amides is 2. The van der Waals surface area contributed by atoms with Crippen molar-refractivity contribution >= 4 is 28.3 Å². The van der Waals surface area contributed by atoms with Gasteiger partial charge in [-0.3, -0.25) is 0 Å². The zero-order valence-electron chi connectivity index (χ0n) is 21.2. The molecule has 1 aromatic heterocycles. The number of anilines is 2. The molecule has 1 aliphatic heterocycles. The number of rotatable bonds is 4. The van der Waals surface area contributed by atoms with Crippen molar-refractivity contribution in [3.05, 3.63) is 83.6 Å². The number of nitrogens with zero attached hydrogens (tertiary/aromatic N) is 4. The maximum atomic E-state index is 13.1. The molecular formula is C29H28F3N5O. The first-order chi connectivity index (χ1) is 18.2. The predicted molar refractivity (Wildman–Crippen MR) is 143 cm³/mol. The Morgan fingerprint density at radius 2 is 1.61 bits per heavy atom. The summed E-state index contributed by atoms with van der Waals surface area (Å²) >= 11 is 0. The normalized spacial score (nSPS) is 14.1. The van der Waals surface area contributed by atoms with Gasteiger partial charge in [0, 0.05) is 48.4 Å². The molecule has 2 amide bonds. The van der Waals surface area contributed by atoms with Crippen LogP contribution in [0.2, 0.25) is 0 Å². The molecule has 3 aromatic carbocycles. The fraction of sp³-hybridized carbons (Fsp3) is 0.276. The minimum Gasteiger partial charge on any atom is -0.353 e. The fourth-order valence-electron chi connectivity index (χ4n) is 4.84. The molecule has 1 saturated heterocycles. The number of hydrogen-bond donors (Lipinski definition) is 1. The van der Waals surface area contributed by atoms with Crippen LogP contribution in [0.15, 0.2) is 66.7 Å². The monoisotopic (exact) mass is 519 g/mol. The Kier molecular flexibility index (Phi) is 6.93. The summed E-state index contributed by atoms with van der Waals surface area (Å²) in [6.07, 6.45) is -3.68. The maximum Gasteiger partial charge on any atom is 0.416 e. The smallest absolute Gasteiger partial charge is 0.353 e. The van der Waals surface area contributed by atoms with Crippen LogP contribution in [0, 0.1) is 6.92 Å². The van der Waals surface area contributed by atoms with Gasteiger partial charge in [-0.1, -0.05) is 55.5 Å². The molecule has 2 heterocycles. The second kappa shape index (κ2) is 10.3. The van der Waals surface area contributed by atoms with Gasteiger partial charge >= 0.3 is 12.2 Å². The molecule has 0 spiro atoms.